The SMILES string of the molecule is O=C(Nc1ccc2c(c1)OCO2)C1CCN(C(=O)C=Cc2ccc(C(F)(F)F)cc2)CC1. The van der Waals surface area contributed by atoms with E-state index < -0.39 is 11.7 Å². The molecule has 0 saturated carbocycles. The predicted molar refractivity (Wildman–Crippen MR) is 111 cm³/mol. The number of amides is 2. The normalized spacial score (nSPS) is 16.4. The molecule has 0 unspecified atom stereocenters. The lowest BCUT2D eigenvalue weighted by Crippen LogP contribution is -2.40. The molecule has 0 aliphatic carbocycles. The number of nitrogens with one attached hydrogen (secondary N) is 1. The zero-order chi connectivity index (χ0) is 22.7. The van der Waals surface area contributed by atoms with Crippen LogP contribution in [0.4, 0.5) is 18.9 Å². The van der Waals surface area contributed by atoms with Crippen molar-refractivity contribution in [1.29, 1.82) is 0 Å². The molecule has 2 aliphatic rings. The zero-order valence-corrected chi connectivity index (χ0v) is 17.0. The van der Waals surface area contributed by atoms with Gasteiger partial charge in [0.05, 0.1) is 5.56 Å². The Kier molecular flexibility index (Phi) is 6.07. The number of nitrogens with zero attached hydrogens (tertiary/aromatic N) is 1. The fourth-order valence-corrected chi connectivity index (χ4v) is 3.64. The van der Waals surface area contributed by atoms with Gasteiger partial charge in [0.25, 0.3) is 0 Å². The number of benzene rings is 2. The first kappa shape index (κ1) is 21.7. The molecule has 2 aromatic rings. The van der Waals surface area contributed by atoms with Gasteiger partial charge in [-0.15, -0.1) is 0 Å². The summed E-state index contributed by atoms with van der Waals surface area (Å²) in [4.78, 5) is 26.6. The van der Waals surface area contributed by atoms with Crippen LogP contribution in [0.2, 0.25) is 0 Å². The molecule has 4 rings (SSSR count). The molecule has 0 bridgehead atoms. The second kappa shape index (κ2) is 8.94. The Morgan fingerprint density at radius 1 is 1.00 bits per heavy atom. The quantitative estimate of drug-likeness (QED) is 0.711. The van der Waals surface area contributed by atoms with Crippen LogP contribution in [0.1, 0.15) is 24.0 Å². The minimum absolute atomic E-state index is 0.115. The van der Waals surface area contributed by atoms with Gasteiger partial charge in [-0.2, -0.15) is 13.2 Å². The van der Waals surface area contributed by atoms with Crippen LogP contribution >= 0.6 is 0 Å². The average Bonchev–Trinajstić information content (AvgIpc) is 3.25. The summed E-state index contributed by atoms with van der Waals surface area (Å²) < 4.78 is 48.4. The number of ether oxygens (including phenoxy) is 2. The van der Waals surface area contributed by atoms with E-state index in [4.69, 9.17) is 9.47 Å². The molecule has 2 heterocycles. The Morgan fingerprint density at radius 3 is 2.38 bits per heavy atom. The van der Waals surface area contributed by atoms with Crippen molar-refractivity contribution in [3.05, 3.63) is 59.7 Å². The van der Waals surface area contributed by atoms with Crippen molar-refractivity contribution < 1.29 is 32.2 Å². The Morgan fingerprint density at radius 2 is 1.69 bits per heavy atom. The number of fused-ring (bicyclic) bond motifs is 1. The third kappa shape index (κ3) is 5.04. The fraction of sp³-hybridized carbons (Fsp3) is 0.304. The Labute approximate surface area is 182 Å². The number of halogens is 3. The van der Waals surface area contributed by atoms with Crippen molar-refractivity contribution in [3.8, 4) is 11.5 Å². The molecule has 0 radical (unpaired) electrons. The largest absolute Gasteiger partial charge is 0.454 e. The number of carbonyl (C=O) groups is 2. The van der Waals surface area contributed by atoms with Crippen molar-refractivity contribution in [3.63, 3.8) is 0 Å². The average molecular weight is 446 g/mol. The van der Waals surface area contributed by atoms with E-state index in [0.717, 1.165) is 12.1 Å². The summed E-state index contributed by atoms with van der Waals surface area (Å²) in [6, 6.07) is 9.80. The number of rotatable bonds is 4. The number of alkyl halides is 3. The van der Waals surface area contributed by atoms with Crippen LogP contribution in [0.25, 0.3) is 6.08 Å². The van der Waals surface area contributed by atoms with Gasteiger partial charge < -0.3 is 19.7 Å². The monoisotopic (exact) mass is 446 g/mol. The predicted octanol–water partition coefficient (Wildman–Crippen LogP) is 4.32. The summed E-state index contributed by atoms with van der Waals surface area (Å²) in [6.07, 6.45) is -0.513. The molecule has 1 fully saturated rings. The molecule has 32 heavy (non-hydrogen) atoms. The third-order valence-corrected chi connectivity index (χ3v) is 5.47. The van der Waals surface area contributed by atoms with E-state index in [1.165, 1.54) is 24.3 Å². The van der Waals surface area contributed by atoms with Crippen molar-refractivity contribution >= 4 is 23.6 Å². The van der Waals surface area contributed by atoms with E-state index in [-0.39, 0.29) is 24.5 Å². The summed E-state index contributed by atoms with van der Waals surface area (Å²) in [5.41, 5.74) is 0.392. The van der Waals surface area contributed by atoms with Gasteiger partial charge in [-0.3, -0.25) is 9.59 Å². The van der Waals surface area contributed by atoms with Crippen molar-refractivity contribution in [1.82, 2.24) is 4.90 Å². The van der Waals surface area contributed by atoms with Gasteiger partial charge in [-0.1, -0.05) is 12.1 Å². The van der Waals surface area contributed by atoms with Crippen molar-refractivity contribution in [2.45, 2.75) is 19.0 Å². The third-order valence-electron chi connectivity index (χ3n) is 5.47. The van der Waals surface area contributed by atoms with Gasteiger partial charge in [-0.05, 0) is 48.7 Å². The highest BCUT2D eigenvalue weighted by molar-refractivity contribution is 5.94. The van der Waals surface area contributed by atoms with E-state index in [1.807, 2.05) is 0 Å². The van der Waals surface area contributed by atoms with Crippen LogP contribution in [0, 0.1) is 5.92 Å². The van der Waals surface area contributed by atoms with Crippen LogP contribution in [0.15, 0.2) is 48.5 Å². The first-order valence-electron chi connectivity index (χ1n) is 10.1. The maximum atomic E-state index is 12.6. The lowest BCUT2D eigenvalue weighted by Gasteiger charge is -2.30. The summed E-state index contributed by atoms with van der Waals surface area (Å²) in [6.45, 7) is 1.01. The minimum Gasteiger partial charge on any atom is -0.454 e. The summed E-state index contributed by atoms with van der Waals surface area (Å²) >= 11 is 0. The van der Waals surface area contributed by atoms with E-state index in [2.05, 4.69) is 5.32 Å². The van der Waals surface area contributed by atoms with Crippen LogP contribution < -0.4 is 14.8 Å². The Hall–Kier alpha value is -3.49. The van der Waals surface area contributed by atoms with Gasteiger partial charge >= 0.3 is 6.18 Å². The number of hydrogen-bond acceptors (Lipinski definition) is 4. The standard InChI is InChI=1S/C23H21F3N2O4/c24-23(25,26)17-4-1-15(2-5-17)3-8-21(29)28-11-9-16(10-12-28)22(30)27-18-6-7-19-20(13-18)32-14-31-19/h1-8,13,16H,9-12,14H2,(H,27,30). The smallest absolute Gasteiger partial charge is 0.416 e. The summed E-state index contributed by atoms with van der Waals surface area (Å²) in [5, 5.41) is 2.88. The van der Waals surface area contributed by atoms with Crippen LogP contribution in [-0.2, 0) is 15.8 Å². The Bertz CT molecular complexity index is 1030. The molecular weight excluding hydrogens is 425 g/mol. The molecule has 0 spiro atoms. The fourth-order valence-electron chi connectivity index (χ4n) is 3.64. The van der Waals surface area contributed by atoms with Crippen molar-refractivity contribution in [2.75, 3.05) is 25.2 Å². The second-order valence-corrected chi connectivity index (χ2v) is 7.61. The number of likely N-dealkylation sites (tertiary alicyclic amines) is 1. The second-order valence-electron chi connectivity index (χ2n) is 7.61. The number of carbonyl (C=O) groups excluding carboxylic acids is 2. The number of piperidine rings is 1. The lowest BCUT2D eigenvalue weighted by molar-refractivity contribution is -0.137. The highest BCUT2D eigenvalue weighted by atomic mass is 19.4. The van der Waals surface area contributed by atoms with Crippen LogP contribution in [0.5, 0.6) is 11.5 Å². The molecular formula is C23H21F3N2O4. The molecule has 1 saturated heterocycles. The molecule has 2 aliphatic heterocycles. The minimum atomic E-state index is -4.39. The highest BCUT2D eigenvalue weighted by Crippen LogP contribution is 2.34. The Balaban J connectivity index is 1.27. The molecule has 2 amide bonds. The summed E-state index contributed by atoms with van der Waals surface area (Å²) in [5.74, 6) is 0.654. The maximum Gasteiger partial charge on any atom is 0.416 e. The van der Waals surface area contributed by atoms with Gasteiger partial charge in [0.1, 0.15) is 0 Å². The molecule has 0 atom stereocenters. The molecule has 168 valence electrons. The molecule has 6 nitrogen and oxygen atoms in total. The van der Waals surface area contributed by atoms with Gasteiger partial charge in [0.2, 0.25) is 18.6 Å². The molecule has 0 aromatic heterocycles. The molecule has 1 N–H and O–H groups in total. The molecule has 9 heteroatoms. The summed E-state index contributed by atoms with van der Waals surface area (Å²) in [7, 11) is 0. The lowest BCUT2D eigenvalue weighted by atomic mass is 9.95. The topological polar surface area (TPSA) is 67.9 Å². The van der Waals surface area contributed by atoms with Crippen LogP contribution in [0.3, 0.4) is 0 Å². The van der Waals surface area contributed by atoms with E-state index in [0.29, 0.717) is 48.7 Å². The number of hydrogen-bond donors (Lipinski definition) is 1. The highest BCUT2D eigenvalue weighted by Gasteiger charge is 2.30. The van der Waals surface area contributed by atoms with E-state index in [1.54, 1.807) is 23.1 Å². The van der Waals surface area contributed by atoms with Gasteiger partial charge in [0, 0.05) is 36.8 Å². The van der Waals surface area contributed by atoms with Crippen molar-refractivity contribution in [2.24, 2.45) is 5.92 Å². The first-order valence-corrected chi connectivity index (χ1v) is 10.1. The number of anilines is 1. The van der Waals surface area contributed by atoms with Gasteiger partial charge in [-0.25, -0.2) is 0 Å². The zero-order valence-electron chi connectivity index (χ0n) is 17.0. The molecule has 2 aromatic carbocycles. The first-order chi connectivity index (χ1) is 15.3. The van der Waals surface area contributed by atoms with Gasteiger partial charge in [0.15, 0.2) is 11.5 Å². The van der Waals surface area contributed by atoms with E-state index >= 15 is 0 Å². The maximum absolute atomic E-state index is 12.6. The van der Waals surface area contributed by atoms with E-state index in [9.17, 15) is 22.8 Å². The van der Waals surface area contributed by atoms with Crippen LogP contribution in [-0.4, -0.2) is 36.6 Å².